The van der Waals surface area contributed by atoms with Crippen LogP contribution >= 0.6 is 0 Å². The third-order valence-corrected chi connectivity index (χ3v) is 11.1. The first-order valence-corrected chi connectivity index (χ1v) is 20.9. The molecule has 0 spiro atoms. The van der Waals surface area contributed by atoms with Gasteiger partial charge in [0, 0.05) is 43.7 Å². The number of benzene rings is 3. The zero-order valence-corrected chi connectivity index (χ0v) is 36.7. The van der Waals surface area contributed by atoms with Gasteiger partial charge in [-0.1, -0.05) is 133 Å². The lowest BCUT2D eigenvalue weighted by Gasteiger charge is -2.39. The maximum absolute atomic E-state index is 14.9. The van der Waals surface area contributed by atoms with Gasteiger partial charge in [0.2, 0.25) is 17.7 Å². The van der Waals surface area contributed by atoms with Crippen molar-refractivity contribution >= 4 is 23.9 Å². The number of nitrogens with zero attached hydrogens (tertiary/aromatic N) is 3. The summed E-state index contributed by atoms with van der Waals surface area (Å²) in [6, 6.07) is 30.2. The maximum atomic E-state index is 14.9. The fourth-order valence-corrected chi connectivity index (χ4v) is 7.89. The number of amides is 5. The first-order valence-electron chi connectivity index (χ1n) is 20.9. The van der Waals surface area contributed by atoms with Gasteiger partial charge >= 0.3 is 12.1 Å². The van der Waals surface area contributed by atoms with E-state index in [2.05, 4.69) is 20.9 Å². The first kappa shape index (κ1) is 46.1. The van der Waals surface area contributed by atoms with Crippen LogP contribution in [0.15, 0.2) is 103 Å². The highest BCUT2D eigenvalue weighted by Gasteiger charge is 2.45. The Balaban J connectivity index is 1.46. The van der Waals surface area contributed by atoms with Crippen molar-refractivity contribution in [1.29, 1.82) is 0 Å². The van der Waals surface area contributed by atoms with Gasteiger partial charge in [-0.3, -0.25) is 9.59 Å². The summed E-state index contributed by atoms with van der Waals surface area (Å²) in [5, 5.41) is 21.0. The van der Waals surface area contributed by atoms with Crippen LogP contribution in [0.1, 0.15) is 70.6 Å². The lowest BCUT2D eigenvalue weighted by atomic mass is 9.81. The lowest BCUT2D eigenvalue weighted by Crippen LogP contribution is -2.59. The average molecular weight is 835 g/mol. The second-order valence-corrected chi connectivity index (χ2v) is 17.8. The Morgan fingerprint density at radius 2 is 1.43 bits per heavy atom. The van der Waals surface area contributed by atoms with Gasteiger partial charge in [0.05, 0.1) is 32.1 Å². The normalized spacial score (nSPS) is 15.6. The van der Waals surface area contributed by atoms with E-state index in [4.69, 9.17) is 9.47 Å². The predicted molar refractivity (Wildman–Crippen MR) is 236 cm³/mol. The Morgan fingerprint density at radius 1 is 0.770 bits per heavy atom. The minimum atomic E-state index is -1.15. The van der Waals surface area contributed by atoms with Gasteiger partial charge in [-0.15, -0.1) is 0 Å². The van der Waals surface area contributed by atoms with Crippen molar-refractivity contribution in [3.05, 3.63) is 120 Å². The zero-order valence-electron chi connectivity index (χ0n) is 36.7. The number of pyridine rings is 1. The number of alkyl carbamates (subject to hydrolysis) is 1. The smallest absolute Gasteiger partial charge is 0.407 e. The topological polar surface area (TPSA) is 162 Å². The Morgan fingerprint density at radius 3 is 2.03 bits per heavy atom. The molecule has 1 aliphatic heterocycles. The summed E-state index contributed by atoms with van der Waals surface area (Å²) < 4.78 is 10.1. The number of aromatic nitrogens is 1. The fraction of sp³-hybridized carbons (Fsp3) is 0.438. The van der Waals surface area contributed by atoms with Crippen LogP contribution in [0, 0.1) is 10.8 Å². The number of hydrogen-bond acceptors (Lipinski definition) is 8. The molecule has 4 N–H and O–H groups in total. The molecule has 61 heavy (non-hydrogen) atoms. The van der Waals surface area contributed by atoms with Crippen LogP contribution in [-0.2, 0) is 27.3 Å². The van der Waals surface area contributed by atoms with Gasteiger partial charge in [-0.05, 0) is 46.4 Å². The van der Waals surface area contributed by atoms with Crippen LogP contribution < -0.4 is 20.7 Å². The Labute approximate surface area is 360 Å². The molecule has 5 unspecified atom stereocenters. The average Bonchev–Trinajstić information content (AvgIpc) is 3.58. The summed E-state index contributed by atoms with van der Waals surface area (Å²) in [7, 11) is 2.81. The van der Waals surface area contributed by atoms with Crippen LogP contribution in [0.25, 0.3) is 11.3 Å². The predicted octanol–water partition coefficient (Wildman–Crippen LogP) is 6.56. The van der Waals surface area contributed by atoms with Gasteiger partial charge in [-0.25, -0.2) is 14.6 Å². The number of ether oxygens (including phenoxy) is 2. The Bertz CT molecular complexity index is 2070. The molecule has 326 valence electrons. The largest absolute Gasteiger partial charge is 0.481 e. The van der Waals surface area contributed by atoms with E-state index in [1.54, 1.807) is 23.0 Å². The maximum Gasteiger partial charge on any atom is 0.407 e. The molecule has 0 aliphatic carbocycles. The van der Waals surface area contributed by atoms with Crippen LogP contribution in [0.4, 0.5) is 9.59 Å². The third kappa shape index (κ3) is 12.3. The summed E-state index contributed by atoms with van der Waals surface area (Å²) in [6.07, 6.45) is -1.37. The number of aliphatic hydroxyl groups is 1. The van der Waals surface area contributed by atoms with Crippen LogP contribution in [-0.4, -0.2) is 102 Å². The molecule has 0 bridgehead atoms. The molecule has 1 aliphatic rings. The number of urea groups is 1. The lowest BCUT2D eigenvalue weighted by molar-refractivity contribution is -0.131. The molecule has 0 saturated carbocycles. The molecule has 5 atom stereocenters. The summed E-state index contributed by atoms with van der Waals surface area (Å²) in [4.78, 5) is 62.5. The molecule has 1 aromatic heterocycles. The molecular formula is C48H62N6O7. The summed E-state index contributed by atoms with van der Waals surface area (Å²) in [5.74, 6) is -0.747. The van der Waals surface area contributed by atoms with Crippen molar-refractivity contribution < 1.29 is 33.8 Å². The molecule has 4 aromatic rings. The van der Waals surface area contributed by atoms with Gasteiger partial charge in [0.25, 0.3) is 0 Å². The molecule has 3 aromatic carbocycles. The Hall–Kier alpha value is -5.95. The van der Waals surface area contributed by atoms with Crippen molar-refractivity contribution in [2.45, 2.75) is 91.1 Å². The molecule has 5 amide bonds. The van der Waals surface area contributed by atoms with Gasteiger partial charge in [-0.2, -0.15) is 0 Å². The highest BCUT2D eigenvalue weighted by Crippen LogP contribution is 2.32. The van der Waals surface area contributed by atoms with Crippen molar-refractivity contribution in [1.82, 2.24) is 30.7 Å². The molecule has 0 radical (unpaired) electrons. The van der Waals surface area contributed by atoms with Crippen molar-refractivity contribution in [2.75, 3.05) is 33.9 Å². The highest BCUT2D eigenvalue weighted by molar-refractivity contribution is 5.89. The quantitative estimate of drug-likeness (QED) is 0.0931. The van der Waals surface area contributed by atoms with Crippen LogP contribution in [0.5, 0.6) is 5.88 Å². The number of hydrogen-bond donors (Lipinski definition) is 4. The summed E-state index contributed by atoms with van der Waals surface area (Å²) in [5.41, 5.74) is 3.19. The minimum absolute atomic E-state index is 0.0489. The number of carbonyl (C=O) groups is 4. The standard InChI is InChI=1S/C48H62N6O7/c1-47(2,3)41(52-45(58)61-8)43(56)49-27-26-38(55)40(51-44(57)42(48(4,5)6)54-29-28-53(46(54)59)31-33-16-11-9-12-17-33)36(34-18-13-10-14-19-34)30-32-22-24-35(25-23-32)37-20-15-21-39(50-37)60-7/h9-25,36,38,40-42,55H,26-31H2,1-8H3,(H,49,56)(H,51,57)(H,52,58). The van der Waals surface area contributed by atoms with Gasteiger partial charge in [0.1, 0.15) is 12.1 Å². The number of rotatable bonds is 17. The fourth-order valence-electron chi connectivity index (χ4n) is 7.89. The molecule has 5 rings (SSSR count). The summed E-state index contributed by atoms with van der Waals surface area (Å²) >= 11 is 0. The monoisotopic (exact) mass is 834 g/mol. The number of methoxy groups -OCH3 is 2. The minimum Gasteiger partial charge on any atom is -0.481 e. The van der Waals surface area contributed by atoms with Crippen molar-refractivity contribution in [3.63, 3.8) is 0 Å². The van der Waals surface area contributed by atoms with Crippen LogP contribution in [0.3, 0.4) is 0 Å². The molecule has 13 nitrogen and oxygen atoms in total. The highest BCUT2D eigenvalue weighted by atomic mass is 16.5. The number of carbonyl (C=O) groups excluding carboxylic acids is 4. The van der Waals surface area contributed by atoms with E-state index < -0.39 is 53.0 Å². The first-order chi connectivity index (χ1) is 29.0. The van der Waals surface area contributed by atoms with E-state index in [9.17, 15) is 24.3 Å². The van der Waals surface area contributed by atoms with E-state index in [0.29, 0.717) is 31.9 Å². The van der Waals surface area contributed by atoms with Crippen LogP contribution in [0.2, 0.25) is 0 Å². The van der Waals surface area contributed by atoms with Gasteiger partial charge < -0.3 is 40.3 Å². The molecule has 1 saturated heterocycles. The van der Waals surface area contributed by atoms with E-state index in [1.807, 2.05) is 139 Å². The van der Waals surface area contributed by atoms with E-state index in [1.165, 1.54) is 7.11 Å². The van der Waals surface area contributed by atoms with E-state index in [0.717, 1.165) is 27.9 Å². The number of nitrogens with one attached hydrogen (secondary N) is 3. The summed E-state index contributed by atoms with van der Waals surface area (Å²) in [6.45, 7) is 12.6. The molecular weight excluding hydrogens is 773 g/mol. The SMILES string of the molecule is COC(=O)NC(C(=O)NCCC(O)C(NC(=O)C(N1CCN(Cc2ccccc2)C1=O)C(C)(C)C)C(Cc1ccc(-c2cccc(OC)n2)cc1)c1ccccc1)C(C)(C)C. The van der Waals surface area contributed by atoms with Crippen molar-refractivity contribution in [2.24, 2.45) is 10.8 Å². The van der Waals surface area contributed by atoms with Crippen molar-refractivity contribution in [3.8, 4) is 17.1 Å². The second kappa shape index (κ2) is 20.5. The molecule has 1 fully saturated rings. The molecule has 2 heterocycles. The van der Waals surface area contributed by atoms with E-state index in [-0.39, 0.29) is 24.9 Å². The second-order valence-electron chi connectivity index (χ2n) is 17.8. The number of aliphatic hydroxyl groups excluding tert-OH is 1. The van der Waals surface area contributed by atoms with Gasteiger partial charge in [0.15, 0.2) is 0 Å². The zero-order chi connectivity index (χ0) is 44.3. The molecule has 13 heteroatoms. The van der Waals surface area contributed by atoms with E-state index >= 15 is 0 Å². The third-order valence-electron chi connectivity index (χ3n) is 11.1. The Kier molecular flexibility index (Phi) is 15.5.